The minimum absolute atomic E-state index is 0.217. The van der Waals surface area contributed by atoms with Gasteiger partial charge in [-0.05, 0) is 29.5 Å². The number of carbonyl (C=O) groups is 1. The summed E-state index contributed by atoms with van der Waals surface area (Å²) < 4.78 is 5.58. The maximum absolute atomic E-state index is 12.4. The topological polar surface area (TPSA) is 99.6 Å². The van der Waals surface area contributed by atoms with Crippen LogP contribution in [0.15, 0.2) is 45.9 Å². The molecule has 1 aromatic carbocycles. The molecular formula is C15H9N2O5S2-. The number of thiocarbonyl (C=S) groups is 1. The first-order valence-corrected chi connectivity index (χ1v) is 7.91. The zero-order chi connectivity index (χ0) is 17.3. The van der Waals surface area contributed by atoms with E-state index in [-0.39, 0.29) is 12.5 Å². The monoisotopic (exact) mass is 361 g/mol. The van der Waals surface area contributed by atoms with E-state index in [2.05, 4.69) is 0 Å². The number of thioether (sulfide) groups is 1. The lowest BCUT2D eigenvalue weighted by molar-refractivity contribution is -0.398. The summed E-state index contributed by atoms with van der Waals surface area (Å²) in [5.41, 5.74) is -0.144. The van der Waals surface area contributed by atoms with Crippen LogP contribution in [0.4, 0.5) is 5.69 Å². The van der Waals surface area contributed by atoms with E-state index >= 15 is 0 Å². The molecule has 122 valence electrons. The summed E-state index contributed by atoms with van der Waals surface area (Å²) >= 11 is 6.30. The second-order valence-electron chi connectivity index (χ2n) is 4.83. The van der Waals surface area contributed by atoms with Crippen molar-refractivity contribution in [1.29, 1.82) is 0 Å². The predicted octanol–water partition coefficient (Wildman–Crippen LogP) is 2.66. The third-order valence-corrected chi connectivity index (χ3v) is 4.62. The molecule has 1 aromatic heterocycles. The van der Waals surface area contributed by atoms with E-state index in [1.165, 1.54) is 23.3 Å². The molecule has 0 spiro atoms. The molecule has 0 atom stereocenters. The molecule has 2 heterocycles. The van der Waals surface area contributed by atoms with Crippen LogP contribution in [-0.2, 0) is 11.3 Å². The Morgan fingerprint density at radius 2 is 2.17 bits per heavy atom. The third-order valence-electron chi connectivity index (χ3n) is 3.25. The van der Waals surface area contributed by atoms with Gasteiger partial charge in [0, 0.05) is 6.07 Å². The Kier molecular flexibility index (Phi) is 4.36. The molecule has 1 fully saturated rings. The number of nitro groups is 1. The highest BCUT2D eigenvalue weighted by atomic mass is 32.2. The fourth-order valence-electron chi connectivity index (χ4n) is 2.11. The minimum atomic E-state index is -0.748. The standard InChI is InChI=1S/C15H10N2O5S2/c18-12-4-3-9(6-11(12)17(20)21)7-13-14(19)16(15(23)24-13)8-10-2-1-5-22-10/h1-7,18H,8H2/p-1/b13-7-. The molecule has 24 heavy (non-hydrogen) atoms. The van der Waals surface area contributed by atoms with Gasteiger partial charge in [-0.3, -0.25) is 19.8 Å². The average molecular weight is 361 g/mol. The number of hydrogen-bond acceptors (Lipinski definition) is 7. The van der Waals surface area contributed by atoms with Gasteiger partial charge in [0.25, 0.3) is 11.6 Å². The van der Waals surface area contributed by atoms with Crippen molar-refractivity contribution < 1.29 is 19.2 Å². The van der Waals surface area contributed by atoms with Crippen LogP contribution in [0.2, 0.25) is 0 Å². The number of nitrogens with zero attached hydrogens (tertiary/aromatic N) is 2. The molecule has 0 saturated carbocycles. The van der Waals surface area contributed by atoms with Gasteiger partial charge in [-0.25, -0.2) is 0 Å². The summed E-state index contributed by atoms with van der Waals surface area (Å²) in [7, 11) is 0. The van der Waals surface area contributed by atoms with Gasteiger partial charge in [-0.1, -0.05) is 36.1 Å². The molecular weight excluding hydrogens is 352 g/mol. The largest absolute Gasteiger partial charge is 0.868 e. The lowest BCUT2D eigenvalue weighted by Crippen LogP contribution is -2.27. The minimum Gasteiger partial charge on any atom is -0.868 e. The summed E-state index contributed by atoms with van der Waals surface area (Å²) in [5.74, 6) is -0.392. The average Bonchev–Trinajstić information content (AvgIpc) is 3.13. The molecule has 1 saturated heterocycles. The molecule has 9 heteroatoms. The molecule has 2 aromatic rings. The van der Waals surface area contributed by atoms with E-state index in [0.717, 1.165) is 23.9 Å². The lowest BCUT2D eigenvalue weighted by atomic mass is 10.1. The van der Waals surface area contributed by atoms with Crippen LogP contribution in [0.3, 0.4) is 0 Å². The molecule has 1 aliphatic heterocycles. The first-order chi connectivity index (χ1) is 11.5. The van der Waals surface area contributed by atoms with Crippen molar-refractivity contribution in [3.63, 3.8) is 0 Å². The molecule has 0 unspecified atom stereocenters. The summed E-state index contributed by atoms with van der Waals surface area (Å²) in [4.78, 5) is 24.2. The van der Waals surface area contributed by atoms with E-state index < -0.39 is 16.4 Å². The summed E-state index contributed by atoms with van der Waals surface area (Å²) in [6.45, 7) is 0.217. The van der Waals surface area contributed by atoms with Gasteiger partial charge >= 0.3 is 0 Å². The summed E-state index contributed by atoms with van der Waals surface area (Å²) in [6.07, 6.45) is 2.99. The number of amides is 1. The number of carbonyl (C=O) groups excluding carboxylic acids is 1. The number of hydrogen-bond donors (Lipinski definition) is 0. The molecule has 0 N–H and O–H groups in total. The number of nitro benzene ring substituents is 1. The van der Waals surface area contributed by atoms with Crippen LogP contribution in [0.5, 0.6) is 5.75 Å². The second kappa shape index (κ2) is 6.46. The highest BCUT2D eigenvalue weighted by Gasteiger charge is 2.32. The maximum Gasteiger partial charge on any atom is 0.266 e. The van der Waals surface area contributed by atoms with Crippen LogP contribution in [-0.4, -0.2) is 20.1 Å². The van der Waals surface area contributed by atoms with Gasteiger partial charge in [0.2, 0.25) is 0 Å². The maximum atomic E-state index is 12.4. The number of benzene rings is 1. The Morgan fingerprint density at radius 3 is 2.83 bits per heavy atom. The van der Waals surface area contributed by atoms with Crippen LogP contribution >= 0.6 is 24.0 Å². The molecule has 0 radical (unpaired) electrons. The van der Waals surface area contributed by atoms with Gasteiger partial charge in [0.15, 0.2) is 0 Å². The lowest BCUT2D eigenvalue weighted by Gasteiger charge is -2.12. The number of rotatable bonds is 4. The van der Waals surface area contributed by atoms with Crippen molar-refractivity contribution in [2.45, 2.75) is 6.54 Å². The van der Waals surface area contributed by atoms with Crippen LogP contribution in [0.1, 0.15) is 11.3 Å². The predicted molar refractivity (Wildman–Crippen MR) is 90.0 cm³/mol. The first kappa shape index (κ1) is 16.2. The van der Waals surface area contributed by atoms with E-state index in [1.807, 2.05) is 0 Å². The van der Waals surface area contributed by atoms with Crippen LogP contribution in [0, 0.1) is 10.1 Å². The normalized spacial score (nSPS) is 16.2. The Morgan fingerprint density at radius 1 is 1.38 bits per heavy atom. The smallest absolute Gasteiger partial charge is 0.266 e. The molecule has 1 amide bonds. The van der Waals surface area contributed by atoms with E-state index in [9.17, 15) is 20.0 Å². The number of furan rings is 1. The summed E-state index contributed by atoms with van der Waals surface area (Å²) in [5, 5.41) is 22.3. The first-order valence-electron chi connectivity index (χ1n) is 6.69. The third kappa shape index (κ3) is 3.17. The Labute approximate surface area is 145 Å². The molecule has 7 nitrogen and oxygen atoms in total. The van der Waals surface area contributed by atoms with Crippen molar-refractivity contribution in [2.24, 2.45) is 0 Å². The zero-order valence-corrected chi connectivity index (χ0v) is 13.6. The van der Waals surface area contributed by atoms with Gasteiger partial charge in [-0.15, -0.1) is 0 Å². The highest BCUT2D eigenvalue weighted by molar-refractivity contribution is 8.26. The SMILES string of the molecule is O=C1/C(=C/c2ccc([O-])c([N+](=O)[O-])c2)SC(=S)N1Cc1ccco1. The zero-order valence-electron chi connectivity index (χ0n) is 12.0. The van der Waals surface area contributed by atoms with Gasteiger partial charge < -0.3 is 9.52 Å². The summed E-state index contributed by atoms with van der Waals surface area (Å²) in [6, 6.07) is 7.12. The van der Waals surface area contributed by atoms with Crippen molar-refractivity contribution in [3.8, 4) is 5.75 Å². The van der Waals surface area contributed by atoms with Crippen molar-refractivity contribution in [2.75, 3.05) is 0 Å². The van der Waals surface area contributed by atoms with Gasteiger partial charge in [-0.2, -0.15) is 0 Å². The van der Waals surface area contributed by atoms with Crippen molar-refractivity contribution in [3.05, 3.63) is 62.9 Å². The van der Waals surface area contributed by atoms with E-state index in [1.54, 1.807) is 12.1 Å². The highest BCUT2D eigenvalue weighted by Crippen LogP contribution is 2.34. The Balaban J connectivity index is 1.86. The van der Waals surface area contributed by atoms with Crippen molar-refractivity contribution >= 4 is 46.0 Å². The van der Waals surface area contributed by atoms with E-state index in [4.69, 9.17) is 16.6 Å². The quantitative estimate of drug-likeness (QED) is 0.357. The van der Waals surface area contributed by atoms with E-state index in [0.29, 0.717) is 20.5 Å². The van der Waals surface area contributed by atoms with Crippen molar-refractivity contribution in [1.82, 2.24) is 4.90 Å². The fourth-order valence-corrected chi connectivity index (χ4v) is 3.37. The van der Waals surface area contributed by atoms with Gasteiger partial charge in [0.05, 0.1) is 22.6 Å². The molecule has 3 rings (SSSR count). The fraction of sp³-hybridized carbons (Fsp3) is 0.0667. The second-order valence-corrected chi connectivity index (χ2v) is 6.51. The molecule has 1 aliphatic rings. The molecule has 0 aliphatic carbocycles. The Hall–Kier alpha value is -2.65. The molecule has 0 bridgehead atoms. The Bertz CT molecular complexity index is 861. The van der Waals surface area contributed by atoms with Crippen LogP contribution in [0.25, 0.3) is 6.08 Å². The van der Waals surface area contributed by atoms with Gasteiger partial charge in [0.1, 0.15) is 10.1 Å². The van der Waals surface area contributed by atoms with Crippen LogP contribution < -0.4 is 5.11 Å².